The summed E-state index contributed by atoms with van der Waals surface area (Å²) < 4.78 is 8.90. The Morgan fingerprint density at radius 3 is 2.73 bits per heavy atom. The number of benzene rings is 2. The fraction of sp³-hybridized carbons (Fsp3) is 0.217. The number of rotatable bonds is 7. The van der Waals surface area contributed by atoms with E-state index in [1.807, 2.05) is 47.0 Å². The number of hydrogen-bond donors (Lipinski definition) is 2. The summed E-state index contributed by atoms with van der Waals surface area (Å²) in [4.78, 5) is 4.48. The first-order valence-electron chi connectivity index (χ1n) is 10.5. The molecule has 0 saturated heterocycles. The summed E-state index contributed by atoms with van der Waals surface area (Å²) in [5.41, 5.74) is 3.97. The summed E-state index contributed by atoms with van der Waals surface area (Å²) in [5.74, 6) is 1.82. The maximum absolute atomic E-state index is 9.96. The normalized spacial score (nSPS) is 11.5. The van der Waals surface area contributed by atoms with E-state index in [4.69, 9.17) is 16.0 Å². The van der Waals surface area contributed by atoms with E-state index in [1.165, 1.54) is 0 Å². The minimum atomic E-state index is -0.245. The van der Waals surface area contributed by atoms with E-state index in [1.54, 1.807) is 0 Å². The second kappa shape index (κ2) is 9.09. The highest BCUT2D eigenvalue weighted by molar-refractivity contribution is 9.10. The van der Waals surface area contributed by atoms with Crippen molar-refractivity contribution in [2.45, 2.75) is 32.8 Å². The van der Waals surface area contributed by atoms with E-state index in [0.717, 1.165) is 51.6 Å². The van der Waals surface area contributed by atoms with Crippen molar-refractivity contribution >= 4 is 38.5 Å². The Kier molecular flexibility index (Phi) is 6.01. The van der Waals surface area contributed by atoms with Gasteiger partial charge in [0.15, 0.2) is 5.15 Å². The summed E-state index contributed by atoms with van der Waals surface area (Å²) in [5, 5.41) is 25.6. The van der Waals surface area contributed by atoms with Gasteiger partial charge in [-0.05, 0) is 50.8 Å². The molecule has 0 bridgehead atoms. The molecule has 0 amide bonds. The van der Waals surface area contributed by atoms with Crippen molar-refractivity contribution in [2.75, 3.05) is 0 Å². The van der Waals surface area contributed by atoms with Crippen LogP contribution in [0, 0.1) is 0 Å². The minimum absolute atomic E-state index is 0.245. The predicted octanol–water partition coefficient (Wildman–Crippen LogP) is 5.72. The summed E-state index contributed by atoms with van der Waals surface area (Å²) in [6.45, 7) is 1.87. The molecule has 5 rings (SSSR count). The molecule has 2 N–H and O–H groups in total. The molecule has 0 spiro atoms. The molecule has 0 saturated carbocycles. The molecule has 8 nitrogen and oxygen atoms in total. The molecule has 3 aromatic heterocycles. The topological polar surface area (TPSA) is 106 Å². The molecule has 0 fully saturated rings. The van der Waals surface area contributed by atoms with Gasteiger partial charge in [0.1, 0.15) is 11.4 Å². The number of aromatic nitrogens is 6. The zero-order valence-electron chi connectivity index (χ0n) is 17.7. The minimum Gasteiger partial charge on any atom is -0.438 e. The number of nitrogens with one attached hydrogen (secondary N) is 1. The monoisotopic (exact) mass is 526 g/mol. The van der Waals surface area contributed by atoms with Crippen molar-refractivity contribution < 1.29 is 9.52 Å². The summed E-state index contributed by atoms with van der Waals surface area (Å²) >= 11 is 10.0. The number of nitrogens with zero attached hydrogens (tertiary/aromatic N) is 5. The molecular formula is C23H20BrClN6O2. The van der Waals surface area contributed by atoms with Gasteiger partial charge in [0.2, 0.25) is 11.7 Å². The zero-order valence-corrected chi connectivity index (χ0v) is 20.1. The first kappa shape index (κ1) is 21.8. The van der Waals surface area contributed by atoms with Crippen molar-refractivity contribution in [3.8, 4) is 28.4 Å². The lowest BCUT2D eigenvalue weighted by molar-refractivity contribution is 0.273. The number of furan rings is 1. The fourth-order valence-corrected chi connectivity index (χ4v) is 4.75. The fourth-order valence-electron chi connectivity index (χ4n) is 3.92. The van der Waals surface area contributed by atoms with Crippen LogP contribution in [0.4, 0.5) is 0 Å². The van der Waals surface area contributed by atoms with Crippen molar-refractivity contribution in [2.24, 2.45) is 0 Å². The van der Waals surface area contributed by atoms with Crippen LogP contribution in [0.15, 0.2) is 51.4 Å². The molecule has 168 valence electrons. The lowest BCUT2D eigenvalue weighted by Gasteiger charge is -2.08. The van der Waals surface area contributed by atoms with Crippen LogP contribution in [0.5, 0.6) is 0 Å². The SMILES string of the molecule is CCCCc1nc(Cl)c(CO)n1-c1oc2cc(-c3ccccc3-c3nn[nH]n3)ccc2c1Br. The number of fused-ring (bicyclic) bond motifs is 1. The molecule has 5 aromatic rings. The number of imidazole rings is 1. The number of hydrogen-bond acceptors (Lipinski definition) is 6. The molecule has 3 heterocycles. The van der Waals surface area contributed by atoms with Gasteiger partial charge in [-0.25, -0.2) is 4.98 Å². The Balaban J connectivity index is 1.65. The van der Waals surface area contributed by atoms with Gasteiger partial charge in [-0.2, -0.15) is 5.21 Å². The van der Waals surface area contributed by atoms with E-state index in [-0.39, 0.29) is 11.8 Å². The average Bonchev–Trinajstić information content (AvgIpc) is 3.55. The molecule has 0 aliphatic rings. The van der Waals surface area contributed by atoms with Crippen LogP contribution in [0.3, 0.4) is 0 Å². The van der Waals surface area contributed by atoms with Crippen LogP contribution < -0.4 is 0 Å². The second-order valence-corrected chi connectivity index (χ2v) is 8.73. The number of aliphatic hydroxyl groups is 1. The third kappa shape index (κ3) is 3.86. The number of H-pyrrole nitrogens is 1. The van der Waals surface area contributed by atoms with Crippen LogP contribution in [0.2, 0.25) is 5.15 Å². The number of unbranched alkanes of at least 4 members (excludes halogenated alkanes) is 1. The predicted molar refractivity (Wildman–Crippen MR) is 129 cm³/mol. The van der Waals surface area contributed by atoms with E-state index >= 15 is 0 Å². The van der Waals surface area contributed by atoms with E-state index in [0.29, 0.717) is 23.0 Å². The van der Waals surface area contributed by atoms with Gasteiger partial charge >= 0.3 is 0 Å². The molecule has 0 aliphatic carbocycles. The molecule has 0 unspecified atom stereocenters. The molecular weight excluding hydrogens is 508 g/mol. The highest BCUT2D eigenvalue weighted by atomic mass is 79.9. The number of aliphatic hydroxyl groups excluding tert-OH is 1. The molecule has 0 radical (unpaired) electrons. The van der Waals surface area contributed by atoms with Crippen molar-refractivity contribution in [1.29, 1.82) is 0 Å². The van der Waals surface area contributed by atoms with Crippen molar-refractivity contribution in [1.82, 2.24) is 30.2 Å². The van der Waals surface area contributed by atoms with Gasteiger partial charge in [0.25, 0.3) is 0 Å². The molecule has 0 atom stereocenters. The maximum Gasteiger partial charge on any atom is 0.221 e. The smallest absolute Gasteiger partial charge is 0.221 e. The largest absolute Gasteiger partial charge is 0.438 e. The Hall–Kier alpha value is -3.01. The van der Waals surface area contributed by atoms with E-state index in [9.17, 15) is 5.11 Å². The Morgan fingerprint density at radius 1 is 1.18 bits per heavy atom. The molecule has 33 heavy (non-hydrogen) atoms. The Bertz CT molecular complexity index is 1430. The van der Waals surface area contributed by atoms with Gasteiger partial charge in [-0.3, -0.25) is 4.57 Å². The van der Waals surface area contributed by atoms with Crippen LogP contribution in [0.1, 0.15) is 31.3 Å². The quantitative estimate of drug-likeness (QED) is 0.281. The molecule has 2 aromatic carbocycles. The van der Waals surface area contributed by atoms with E-state index in [2.05, 4.69) is 48.5 Å². The lowest BCUT2D eigenvalue weighted by Crippen LogP contribution is -2.05. The van der Waals surface area contributed by atoms with Gasteiger partial charge in [-0.1, -0.05) is 55.3 Å². The highest BCUT2D eigenvalue weighted by Crippen LogP contribution is 2.39. The first-order valence-corrected chi connectivity index (χ1v) is 11.7. The number of aromatic amines is 1. The first-order chi connectivity index (χ1) is 16.1. The van der Waals surface area contributed by atoms with Gasteiger partial charge in [0, 0.05) is 17.4 Å². The van der Waals surface area contributed by atoms with Crippen LogP contribution >= 0.6 is 27.5 Å². The van der Waals surface area contributed by atoms with Gasteiger partial charge in [-0.15, -0.1) is 10.2 Å². The number of halogens is 2. The van der Waals surface area contributed by atoms with Gasteiger partial charge < -0.3 is 9.52 Å². The Labute approximate surface area is 202 Å². The standard InChI is InChI=1S/C23H20BrClN6O2/c1-2-3-8-19-26-21(25)17(12-32)31(19)23-20(24)16-10-9-13(11-18(16)33-23)14-6-4-5-7-15(14)22-27-29-30-28-22/h4-7,9-11,32H,2-3,8,12H2,1H3,(H,27,28,29,30). The third-order valence-electron chi connectivity index (χ3n) is 5.54. The Morgan fingerprint density at radius 2 is 2.00 bits per heavy atom. The van der Waals surface area contributed by atoms with Crippen LogP contribution in [-0.4, -0.2) is 35.3 Å². The van der Waals surface area contributed by atoms with Crippen molar-refractivity contribution in [3.05, 3.63) is 63.6 Å². The molecule has 10 heteroatoms. The summed E-state index contributed by atoms with van der Waals surface area (Å²) in [7, 11) is 0. The van der Waals surface area contributed by atoms with Gasteiger partial charge in [0.05, 0.1) is 16.8 Å². The summed E-state index contributed by atoms with van der Waals surface area (Å²) in [6.07, 6.45) is 2.69. The summed E-state index contributed by atoms with van der Waals surface area (Å²) in [6, 6.07) is 13.9. The van der Waals surface area contributed by atoms with Crippen molar-refractivity contribution in [3.63, 3.8) is 0 Å². The maximum atomic E-state index is 9.96. The number of tetrazole rings is 1. The zero-order chi connectivity index (χ0) is 22.9. The number of aryl methyl sites for hydroxylation is 1. The lowest BCUT2D eigenvalue weighted by atomic mass is 9.98. The van der Waals surface area contributed by atoms with Crippen LogP contribution in [0.25, 0.3) is 39.4 Å². The average molecular weight is 528 g/mol. The van der Waals surface area contributed by atoms with E-state index < -0.39 is 0 Å². The second-order valence-electron chi connectivity index (χ2n) is 7.58. The third-order valence-corrected chi connectivity index (χ3v) is 6.61. The molecule has 0 aliphatic heterocycles. The van der Waals surface area contributed by atoms with Crippen LogP contribution in [-0.2, 0) is 13.0 Å². The highest BCUT2D eigenvalue weighted by Gasteiger charge is 2.23.